The minimum Gasteiger partial charge on any atom is -0.477 e. The monoisotopic (exact) mass is 381 g/mol. The van der Waals surface area contributed by atoms with E-state index in [4.69, 9.17) is 21.1 Å². The highest BCUT2D eigenvalue weighted by atomic mass is 35.5. The van der Waals surface area contributed by atoms with Crippen molar-refractivity contribution < 1.29 is 9.47 Å². The number of rotatable bonds is 4. The predicted molar refractivity (Wildman–Crippen MR) is 103 cm³/mol. The number of methoxy groups -OCH3 is 2. The Bertz CT molecular complexity index is 1130. The Balaban J connectivity index is 2.05. The molecule has 0 saturated carbocycles. The van der Waals surface area contributed by atoms with Crippen molar-refractivity contribution in [3.8, 4) is 34.3 Å². The molecule has 0 aliphatic rings. The molecule has 4 rings (SSSR count). The Morgan fingerprint density at radius 1 is 0.926 bits per heavy atom. The summed E-state index contributed by atoms with van der Waals surface area (Å²) in [4.78, 5) is 9.05. The van der Waals surface area contributed by atoms with E-state index in [1.807, 2.05) is 37.4 Å². The molecule has 8 heteroatoms. The average molecular weight is 382 g/mol. The van der Waals surface area contributed by atoms with Gasteiger partial charge in [0.05, 0.1) is 36.0 Å². The molecule has 0 atom stereocenters. The standard InChI is InChI=1S/C19H16ClN5O2/c1-25-17(11-7-5-4-6-8-11)16(23-24-25)14-12(20)9-10-13-15(14)22-19(27-3)18(21-13)26-2/h4-10H,1-3H3. The highest BCUT2D eigenvalue weighted by Crippen LogP contribution is 2.39. The largest absolute Gasteiger partial charge is 0.477 e. The van der Waals surface area contributed by atoms with Gasteiger partial charge in [0.2, 0.25) is 0 Å². The number of nitrogens with zero attached hydrogens (tertiary/aromatic N) is 5. The molecule has 0 aliphatic heterocycles. The molecule has 27 heavy (non-hydrogen) atoms. The minimum absolute atomic E-state index is 0.277. The fourth-order valence-corrected chi connectivity index (χ4v) is 3.24. The van der Waals surface area contributed by atoms with Gasteiger partial charge < -0.3 is 9.47 Å². The van der Waals surface area contributed by atoms with Crippen LogP contribution in [0.3, 0.4) is 0 Å². The van der Waals surface area contributed by atoms with Gasteiger partial charge in [0.15, 0.2) is 0 Å². The van der Waals surface area contributed by atoms with Crippen molar-refractivity contribution in [3.63, 3.8) is 0 Å². The summed E-state index contributed by atoms with van der Waals surface area (Å²) in [6.07, 6.45) is 0. The number of aromatic nitrogens is 5. The van der Waals surface area contributed by atoms with Crippen LogP contribution < -0.4 is 9.47 Å². The van der Waals surface area contributed by atoms with Crippen LogP contribution in [-0.2, 0) is 7.05 Å². The van der Waals surface area contributed by atoms with Crippen molar-refractivity contribution in [3.05, 3.63) is 47.5 Å². The molecule has 0 amide bonds. The summed E-state index contributed by atoms with van der Waals surface area (Å²) in [6.45, 7) is 0. The molecule has 2 aromatic heterocycles. The van der Waals surface area contributed by atoms with Crippen LogP contribution in [0.5, 0.6) is 11.8 Å². The molecule has 0 saturated heterocycles. The van der Waals surface area contributed by atoms with Crippen LogP contribution in [0.25, 0.3) is 33.5 Å². The van der Waals surface area contributed by atoms with E-state index >= 15 is 0 Å². The number of hydrogen-bond donors (Lipinski definition) is 0. The van der Waals surface area contributed by atoms with Crippen LogP contribution in [0.2, 0.25) is 5.02 Å². The lowest BCUT2D eigenvalue weighted by atomic mass is 10.0. The molecule has 0 fully saturated rings. The second-order valence-electron chi connectivity index (χ2n) is 5.81. The Hall–Kier alpha value is -3.19. The van der Waals surface area contributed by atoms with Crippen molar-refractivity contribution in [2.75, 3.05) is 14.2 Å². The first-order chi connectivity index (χ1) is 13.1. The summed E-state index contributed by atoms with van der Waals surface area (Å²) in [6, 6.07) is 13.4. The van der Waals surface area contributed by atoms with E-state index < -0.39 is 0 Å². The zero-order chi connectivity index (χ0) is 19.0. The molecular formula is C19H16ClN5O2. The van der Waals surface area contributed by atoms with Crippen LogP contribution in [-0.4, -0.2) is 39.2 Å². The number of aryl methyl sites for hydroxylation is 1. The average Bonchev–Trinajstić information content (AvgIpc) is 3.08. The topological polar surface area (TPSA) is 75.0 Å². The third kappa shape index (κ3) is 2.86. The van der Waals surface area contributed by atoms with Gasteiger partial charge in [0, 0.05) is 12.6 Å². The predicted octanol–water partition coefficient (Wildman–Crippen LogP) is 3.76. The van der Waals surface area contributed by atoms with Crippen LogP contribution in [0.15, 0.2) is 42.5 Å². The maximum atomic E-state index is 6.56. The van der Waals surface area contributed by atoms with Gasteiger partial charge in [-0.2, -0.15) is 0 Å². The first-order valence-corrected chi connectivity index (χ1v) is 8.55. The van der Waals surface area contributed by atoms with E-state index in [0.717, 1.165) is 11.3 Å². The van der Waals surface area contributed by atoms with Gasteiger partial charge >= 0.3 is 0 Å². The molecule has 136 valence electrons. The van der Waals surface area contributed by atoms with Gasteiger partial charge in [0.25, 0.3) is 11.8 Å². The van der Waals surface area contributed by atoms with Crippen molar-refractivity contribution in [1.82, 2.24) is 25.0 Å². The highest BCUT2D eigenvalue weighted by Gasteiger charge is 2.22. The number of hydrogen-bond acceptors (Lipinski definition) is 6. The zero-order valence-electron chi connectivity index (χ0n) is 15.0. The molecule has 0 bridgehead atoms. The second-order valence-corrected chi connectivity index (χ2v) is 6.22. The summed E-state index contributed by atoms with van der Waals surface area (Å²) in [5, 5.41) is 9.06. The van der Waals surface area contributed by atoms with Crippen molar-refractivity contribution >= 4 is 22.6 Å². The van der Waals surface area contributed by atoms with E-state index in [2.05, 4.69) is 20.3 Å². The molecule has 0 spiro atoms. The first-order valence-electron chi connectivity index (χ1n) is 8.17. The smallest absolute Gasteiger partial charge is 0.278 e. The first kappa shape index (κ1) is 17.2. The molecule has 4 aromatic rings. The minimum atomic E-state index is 0.277. The highest BCUT2D eigenvalue weighted by molar-refractivity contribution is 6.35. The van der Waals surface area contributed by atoms with E-state index in [0.29, 0.717) is 33.2 Å². The maximum Gasteiger partial charge on any atom is 0.278 e. The molecular weight excluding hydrogens is 366 g/mol. The van der Waals surface area contributed by atoms with Gasteiger partial charge in [-0.3, -0.25) is 0 Å². The molecule has 0 radical (unpaired) electrons. The Morgan fingerprint density at radius 3 is 2.33 bits per heavy atom. The number of benzene rings is 2. The summed E-state index contributed by atoms with van der Waals surface area (Å²) < 4.78 is 12.3. The number of ether oxygens (including phenoxy) is 2. The van der Waals surface area contributed by atoms with Crippen molar-refractivity contribution in [2.24, 2.45) is 7.05 Å². The molecule has 0 aliphatic carbocycles. The normalized spacial score (nSPS) is 11.0. The molecule has 7 nitrogen and oxygen atoms in total. The SMILES string of the molecule is COc1nc2ccc(Cl)c(-c3nnn(C)c3-c3ccccc3)c2nc1OC. The van der Waals surface area contributed by atoms with Crippen LogP contribution >= 0.6 is 11.6 Å². The van der Waals surface area contributed by atoms with E-state index in [1.165, 1.54) is 14.2 Å². The summed E-state index contributed by atoms with van der Waals surface area (Å²) in [5.74, 6) is 0.583. The summed E-state index contributed by atoms with van der Waals surface area (Å²) in [5.41, 5.74) is 4.27. The lowest BCUT2D eigenvalue weighted by Gasteiger charge is -2.11. The third-order valence-electron chi connectivity index (χ3n) is 4.22. The lowest BCUT2D eigenvalue weighted by molar-refractivity contribution is 0.334. The van der Waals surface area contributed by atoms with Crippen LogP contribution in [0, 0.1) is 0 Å². The quantitative estimate of drug-likeness (QED) is 0.535. The van der Waals surface area contributed by atoms with Gasteiger partial charge in [-0.05, 0) is 12.1 Å². The summed E-state index contributed by atoms with van der Waals surface area (Å²) in [7, 11) is 4.87. The maximum absolute atomic E-state index is 6.56. The molecule has 2 aromatic carbocycles. The van der Waals surface area contributed by atoms with Crippen LogP contribution in [0.1, 0.15) is 0 Å². The van der Waals surface area contributed by atoms with E-state index in [1.54, 1.807) is 16.8 Å². The molecule has 0 N–H and O–H groups in total. The van der Waals surface area contributed by atoms with E-state index in [9.17, 15) is 0 Å². The van der Waals surface area contributed by atoms with E-state index in [-0.39, 0.29) is 5.88 Å². The van der Waals surface area contributed by atoms with Crippen molar-refractivity contribution in [1.29, 1.82) is 0 Å². The third-order valence-corrected chi connectivity index (χ3v) is 4.54. The second kappa shape index (κ2) is 6.85. The van der Waals surface area contributed by atoms with Gasteiger partial charge in [-0.1, -0.05) is 47.1 Å². The number of fused-ring (bicyclic) bond motifs is 1. The lowest BCUT2D eigenvalue weighted by Crippen LogP contribution is -1.99. The number of halogens is 1. The Labute approximate surface area is 160 Å². The fraction of sp³-hybridized carbons (Fsp3) is 0.158. The Morgan fingerprint density at radius 2 is 1.63 bits per heavy atom. The van der Waals surface area contributed by atoms with Crippen molar-refractivity contribution in [2.45, 2.75) is 0 Å². The van der Waals surface area contributed by atoms with Gasteiger partial charge in [-0.15, -0.1) is 5.10 Å². The molecule has 2 heterocycles. The Kier molecular flexibility index (Phi) is 4.37. The summed E-state index contributed by atoms with van der Waals surface area (Å²) >= 11 is 6.56. The fourth-order valence-electron chi connectivity index (χ4n) is 3.00. The van der Waals surface area contributed by atoms with Gasteiger partial charge in [0.1, 0.15) is 11.2 Å². The van der Waals surface area contributed by atoms with Crippen LogP contribution in [0.4, 0.5) is 0 Å². The molecule has 0 unspecified atom stereocenters. The van der Waals surface area contributed by atoms with Gasteiger partial charge in [-0.25, -0.2) is 14.6 Å². The zero-order valence-corrected chi connectivity index (χ0v) is 15.7.